The highest BCUT2D eigenvalue weighted by molar-refractivity contribution is 7.61. The lowest BCUT2D eigenvalue weighted by Crippen LogP contribution is -2.49. The second-order valence-electron chi connectivity index (χ2n) is 19.3. The van der Waals surface area contributed by atoms with Crippen LogP contribution < -0.4 is 0 Å². The van der Waals surface area contributed by atoms with Crippen LogP contribution in [-0.4, -0.2) is 33.5 Å². The molecule has 39 heavy (non-hydrogen) atoms. The molecule has 2 unspecified atom stereocenters. The molecule has 0 saturated heterocycles. The van der Waals surface area contributed by atoms with Crippen molar-refractivity contribution in [2.75, 3.05) is 12.3 Å². The molecule has 0 heterocycles. The molecule has 224 valence electrons. The Morgan fingerprint density at radius 2 is 1.08 bits per heavy atom. The Morgan fingerprint density at radius 3 is 1.44 bits per heavy atom. The third-order valence-electron chi connectivity index (χ3n) is 10.8. The predicted molar refractivity (Wildman–Crippen MR) is 181 cm³/mol. The van der Waals surface area contributed by atoms with Crippen LogP contribution in [0, 0.1) is 40.4 Å². The van der Waals surface area contributed by atoms with Gasteiger partial charge in [0.15, 0.2) is 0 Å². The van der Waals surface area contributed by atoms with E-state index >= 15 is 0 Å². The summed E-state index contributed by atoms with van der Waals surface area (Å²) in [6.07, 6.45) is 13.4. The SMILES string of the molecule is CC(C)(C)C1=C(C(C)(C)C)C(CP(C2C3CC4CC(C3)CC2C4)C(C)(C)C)C(CP(C(C)(C)C)C(C)(C)C)=C1. The van der Waals surface area contributed by atoms with E-state index in [4.69, 9.17) is 0 Å². The highest BCUT2D eigenvalue weighted by Gasteiger charge is 2.53. The summed E-state index contributed by atoms with van der Waals surface area (Å²) in [7, 11) is -0.222. The van der Waals surface area contributed by atoms with Gasteiger partial charge in [-0.25, -0.2) is 0 Å². The Kier molecular flexibility index (Phi) is 8.69. The Hall–Kier alpha value is 0.340. The van der Waals surface area contributed by atoms with Crippen LogP contribution in [0.4, 0.5) is 0 Å². The molecule has 0 radical (unpaired) electrons. The minimum absolute atomic E-state index is 0.0669. The zero-order chi connectivity index (χ0) is 29.5. The lowest BCUT2D eigenvalue weighted by molar-refractivity contribution is 0.0242. The van der Waals surface area contributed by atoms with E-state index in [0.717, 1.165) is 29.3 Å². The minimum atomic E-state index is -0.155. The second kappa shape index (κ2) is 10.5. The fourth-order valence-electron chi connectivity index (χ4n) is 9.76. The lowest BCUT2D eigenvalue weighted by Gasteiger charge is -2.59. The van der Waals surface area contributed by atoms with E-state index in [2.05, 4.69) is 110 Å². The number of hydrogen-bond donors (Lipinski definition) is 0. The van der Waals surface area contributed by atoms with E-state index < -0.39 is 0 Å². The van der Waals surface area contributed by atoms with Gasteiger partial charge in [0.25, 0.3) is 0 Å². The molecule has 0 nitrogen and oxygen atoms in total. The molecule has 4 fully saturated rings. The zero-order valence-corrected chi connectivity index (χ0v) is 30.7. The highest BCUT2D eigenvalue weighted by Crippen LogP contribution is 2.70. The van der Waals surface area contributed by atoms with E-state index in [-0.39, 0.29) is 26.7 Å². The molecule has 0 spiro atoms. The van der Waals surface area contributed by atoms with Gasteiger partial charge in [0.05, 0.1) is 0 Å². The van der Waals surface area contributed by atoms with Crippen LogP contribution >= 0.6 is 15.8 Å². The van der Waals surface area contributed by atoms with Crippen LogP contribution in [0.3, 0.4) is 0 Å². The molecule has 0 amide bonds. The molecule has 0 aliphatic heterocycles. The first kappa shape index (κ1) is 32.3. The molecule has 2 heteroatoms. The normalized spacial score (nSPS) is 32.9. The van der Waals surface area contributed by atoms with Crippen molar-refractivity contribution in [1.29, 1.82) is 0 Å². The Bertz CT molecular complexity index is 917. The van der Waals surface area contributed by atoms with Crippen LogP contribution in [0.15, 0.2) is 22.8 Å². The molecule has 4 bridgehead atoms. The van der Waals surface area contributed by atoms with Crippen LogP contribution in [0.1, 0.15) is 136 Å². The molecule has 5 rings (SSSR count). The van der Waals surface area contributed by atoms with E-state index in [9.17, 15) is 0 Å². The molecular weight excluding hydrogens is 506 g/mol. The Labute approximate surface area is 247 Å². The van der Waals surface area contributed by atoms with Crippen LogP contribution in [0.5, 0.6) is 0 Å². The summed E-state index contributed by atoms with van der Waals surface area (Å²) in [6, 6.07) is 0. The van der Waals surface area contributed by atoms with Crippen molar-refractivity contribution in [1.82, 2.24) is 0 Å². The van der Waals surface area contributed by atoms with Crippen molar-refractivity contribution < 1.29 is 0 Å². The van der Waals surface area contributed by atoms with Gasteiger partial charge >= 0.3 is 0 Å². The van der Waals surface area contributed by atoms with Crippen molar-refractivity contribution in [2.45, 2.75) is 157 Å². The van der Waals surface area contributed by atoms with E-state index in [1.807, 2.05) is 11.1 Å². The third kappa shape index (κ3) is 6.79. The van der Waals surface area contributed by atoms with Crippen molar-refractivity contribution in [3.05, 3.63) is 22.8 Å². The average molecular weight is 573 g/mol. The average Bonchev–Trinajstić information content (AvgIpc) is 3.07. The predicted octanol–water partition coefficient (Wildman–Crippen LogP) is 12.1. The van der Waals surface area contributed by atoms with Gasteiger partial charge in [0.1, 0.15) is 0 Å². The van der Waals surface area contributed by atoms with Gasteiger partial charge in [-0.1, -0.05) is 137 Å². The summed E-state index contributed by atoms with van der Waals surface area (Å²) >= 11 is 0. The maximum absolute atomic E-state index is 2.77. The van der Waals surface area contributed by atoms with Gasteiger partial charge in [-0.2, -0.15) is 0 Å². The second-order valence-corrected chi connectivity index (χ2v) is 26.4. The standard InChI is InChI=1S/C37H66P2/c1-33(2,3)30-21-28(22-39(36(10,11)12)37(13,14)15)29(31(30)34(4,5)6)23-38(35(7,8)9)32-26-17-24-16-25(19-26)20-27(32)18-24/h21,24-27,29,32H,16-20,22-23H2,1-15H3. The first-order chi connectivity index (χ1) is 17.5. The summed E-state index contributed by atoms with van der Waals surface area (Å²) in [5.74, 6) is 4.86. The number of hydrogen-bond acceptors (Lipinski definition) is 0. The van der Waals surface area contributed by atoms with Crippen molar-refractivity contribution >= 4 is 15.8 Å². The summed E-state index contributed by atoms with van der Waals surface area (Å²) in [6.45, 7) is 38.0. The quantitative estimate of drug-likeness (QED) is 0.287. The van der Waals surface area contributed by atoms with Gasteiger partial charge in [-0.3, -0.25) is 0 Å². The molecule has 0 N–H and O–H groups in total. The topological polar surface area (TPSA) is 0 Å². The van der Waals surface area contributed by atoms with Crippen molar-refractivity contribution in [2.24, 2.45) is 40.4 Å². The molecule has 0 aromatic rings. The monoisotopic (exact) mass is 572 g/mol. The first-order valence-corrected chi connectivity index (χ1v) is 19.6. The fourth-order valence-corrected chi connectivity index (χ4v) is 17.4. The molecule has 5 aliphatic rings. The van der Waals surface area contributed by atoms with Gasteiger partial charge in [0, 0.05) is 5.92 Å². The maximum Gasteiger partial charge on any atom is 0.00645 e. The van der Waals surface area contributed by atoms with E-state index in [1.165, 1.54) is 12.3 Å². The summed E-state index contributed by atoms with van der Waals surface area (Å²) in [5, 5.41) is 1.15. The molecule has 2 atom stereocenters. The van der Waals surface area contributed by atoms with E-state index in [0.29, 0.717) is 21.4 Å². The van der Waals surface area contributed by atoms with Crippen LogP contribution in [-0.2, 0) is 0 Å². The molecular formula is C37H66P2. The molecule has 0 aromatic carbocycles. The van der Waals surface area contributed by atoms with Crippen molar-refractivity contribution in [3.8, 4) is 0 Å². The van der Waals surface area contributed by atoms with Crippen LogP contribution in [0.2, 0.25) is 0 Å². The summed E-state index contributed by atoms with van der Waals surface area (Å²) < 4.78 is 0. The van der Waals surface area contributed by atoms with Crippen molar-refractivity contribution in [3.63, 3.8) is 0 Å². The first-order valence-electron chi connectivity index (χ1n) is 16.5. The van der Waals surface area contributed by atoms with Gasteiger partial charge in [0.2, 0.25) is 0 Å². The van der Waals surface area contributed by atoms with E-state index in [1.54, 1.807) is 37.7 Å². The summed E-state index contributed by atoms with van der Waals surface area (Å²) in [4.78, 5) is 0. The third-order valence-corrected chi connectivity index (χ3v) is 18.7. The Balaban J connectivity index is 1.78. The highest BCUT2D eigenvalue weighted by atomic mass is 31.1. The molecule has 4 saturated carbocycles. The minimum Gasteiger partial charge on any atom is -0.0965 e. The molecule has 0 aromatic heterocycles. The number of allylic oxidation sites excluding steroid dienone is 4. The Morgan fingerprint density at radius 1 is 0.615 bits per heavy atom. The van der Waals surface area contributed by atoms with Crippen LogP contribution in [0.25, 0.3) is 0 Å². The smallest absolute Gasteiger partial charge is 0.00645 e. The fraction of sp³-hybridized carbons (Fsp3) is 0.892. The largest absolute Gasteiger partial charge is 0.0965 e. The van der Waals surface area contributed by atoms with Gasteiger partial charge < -0.3 is 0 Å². The number of rotatable bonds is 5. The van der Waals surface area contributed by atoms with Gasteiger partial charge in [-0.05, 0) is 106 Å². The molecule has 5 aliphatic carbocycles. The summed E-state index contributed by atoms with van der Waals surface area (Å²) in [5.41, 5.74) is 6.73. The zero-order valence-electron chi connectivity index (χ0n) is 28.9. The maximum atomic E-state index is 2.77. The lowest BCUT2D eigenvalue weighted by atomic mass is 9.56. The van der Waals surface area contributed by atoms with Gasteiger partial charge in [-0.15, -0.1) is 0 Å².